The van der Waals surface area contributed by atoms with Crippen molar-refractivity contribution < 1.29 is 28.8 Å². The third kappa shape index (κ3) is 7.89. The minimum absolute atomic E-state index is 0.0132. The molecule has 0 spiro atoms. The van der Waals surface area contributed by atoms with Gasteiger partial charge in [-0.3, -0.25) is 0 Å². The summed E-state index contributed by atoms with van der Waals surface area (Å²) in [6, 6.07) is 3.81. The third-order valence-electron chi connectivity index (χ3n) is 8.32. The van der Waals surface area contributed by atoms with E-state index in [0.29, 0.717) is 48.9 Å². The number of piperidine rings is 1. The second-order valence-electron chi connectivity index (χ2n) is 11.3. The van der Waals surface area contributed by atoms with Crippen molar-refractivity contribution in [1.29, 1.82) is 0 Å². The fraction of sp³-hybridized carbons (Fsp3) is 0.677. The van der Waals surface area contributed by atoms with Crippen LogP contribution in [0, 0.1) is 11.8 Å². The van der Waals surface area contributed by atoms with Crippen molar-refractivity contribution in [3.8, 4) is 17.5 Å². The van der Waals surface area contributed by atoms with Gasteiger partial charge >= 0.3 is 0 Å². The number of unbranched alkanes of at least 4 members (excludes halogenated alkanes) is 1. The van der Waals surface area contributed by atoms with Crippen LogP contribution in [-0.4, -0.2) is 93.6 Å². The second kappa shape index (κ2) is 15.8. The summed E-state index contributed by atoms with van der Waals surface area (Å²) in [5, 5.41) is 10.9. The fourth-order valence-electron chi connectivity index (χ4n) is 5.75. The molecular formula is C31H47ClN4O6. The Hall–Kier alpha value is -2.53. The topological polar surface area (TPSA) is 98.6 Å². The lowest BCUT2D eigenvalue weighted by Gasteiger charge is -2.38. The first kappa shape index (κ1) is 32.4. The summed E-state index contributed by atoms with van der Waals surface area (Å²) >= 11 is 6.48. The van der Waals surface area contributed by atoms with E-state index in [1.54, 1.807) is 20.4 Å². The minimum atomic E-state index is -0.0718. The number of ether oxygens (including phenoxy) is 5. The summed E-state index contributed by atoms with van der Waals surface area (Å²) < 4.78 is 29.4. The number of aromatic nitrogens is 2. The molecule has 0 aliphatic carbocycles. The van der Waals surface area contributed by atoms with Gasteiger partial charge in [-0.2, -0.15) is 0 Å². The van der Waals surface area contributed by atoms with E-state index >= 15 is 0 Å². The number of hydrogen-bond acceptors (Lipinski definition) is 10. The predicted molar refractivity (Wildman–Crippen MR) is 164 cm³/mol. The van der Waals surface area contributed by atoms with Crippen LogP contribution < -0.4 is 24.0 Å². The molecule has 0 aromatic carbocycles. The van der Waals surface area contributed by atoms with E-state index in [-0.39, 0.29) is 36.7 Å². The molecule has 0 radical (unpaired) electrons. The molecule has 0 bridgehead atoms. The van der Waals surface area contributed by atoms with Gasteiger partial charge < -0.3 is 38.6 Å². The number of hydrogen-bond donors (Lipinski definition) is 1. The average molecular weight is 607 g/mol. The molecule has 11 heteroatoms. The second-order valence-corrected chi connectivity index (χ2v) is 11.7. The molecule has 42 heavy (non-hydrogen) atoms. The van der Waals surface area contributed by atoms with Crippen molar-refractivity contribution in [3.63, 3.8) is 0 Å². The summed E-state index contributed by atoms with van der Waals surface area (Å²) in [5.41, 5.74) is 1.81. The highest BCUT2D eigenvalue weighted by atomic mass is 35.5. The van der Waals surface area contributed by atoms with Gasteiger partial charge in [0.05, 0.1) is 61.3 Å². The molecule has 1 N–H and O–H groups in total. The molecule has 5 atom stereocenters. The van der Waals surface area contributed by atoms with Crippen LogP contribution in [0.2, 0.25) is 5.02 Å². The average Bonchev–Trinajstić information content (AvgIpc) is 3.32. The lowest BCUT2D eigenvalue weighted by molar-refractivity contribution is 0.0241. The molecule has 2 aromatic heterocycles. The van der Waals surface area contributed by atoms with Crippen molar-refractivity contribution >= 4 is 23.0 Å². The van der Waals surface area contributed by atoms with E-state index in [2.05, 4.69) is 35.6 Å². The van der Waals surface area contributed by atoms with Gasteiger partial charge in [0.2, 0.25) is 5.88 Å². The first-order chi connectivity index (χ1) is 20.4. The van der Waals surface area contributed by atoms with Gasteiger partial charge in [-0.15, -0.1) is 0 Å². The molecule has 2 unspecified atom stereocenters. The molecule has 2 aliphatic rings. The van der Waals surface area contributed by atoms with E-state index in [0.717, 1.165) is 50.1 Å². The van der Waals surface area contributed by atoms with Crippen LogP contribution in [0.3, 0.4) is 0 Å². The number of methoxy groups -OCH3 is 2. The minimum Gasteiger partial charge on any atom is -0.488 e. The Labute approximate surface area is 255 Å². The van der Waals surface area contributed by atoms with E-state index in [1.165, 1.54) is 0 Å². The van der Waals surface area contributed by atoms with E-state index in [9.17, 15) is 5.11 Å². The van der Waals surface area contributed by atoms with Crippen LogP contribution in [0.5, 0.6) is 17.5 Å². The molecule has 4 heterocycles. The normalized spacial score (nSPS) is 24.2. The fourth-order valence-corrected chi connectivity index (χ4v) is 5.98. The zero-order valence-electron chi connectivity index (χ0n) is 25.6. The highest BCUT2D eigenvalue weighted by Gasteiger charge is 2.40. The molecule has 0 amide bonds. The van der Waals surface area contributed by atoms with Crippen molar-refractivity contribution in [3.05, 3.63) is 29.5 Å². The molecule has 4 rings (SSSR count). The number of aliphatic hydroxyl groups excluding tert-OH is 1. The third-order valence-corrected chi connectivity index (χ3v) is 8.61. The number of anilines is 2. The monoisotopic (exact) mass is 606 g/mol. The molecule has 10 nitrogen and oxygen atoms in total. The molecule has 234 valence electrons. The summed E-state index contributed by atoms with van der Waals surface area (Å²) in [7, 11) is 3.30. The van der Waals surface area contributed by atoms with Crippen molar-refractivity contribution in [2.75, 3.05) is 70.1 Å². The predicted octanol–water partition coefficient (Wildman–Crippen LogP) is 4.85. The number of halogens is 1. The summed E-state index contributed by atoms with van der Waals surface area (Å²) in [6.45, 7) is 10.6. The van der Waals surface area contributed by atoms with Gasteiger partial charge in [-0.25, -0.2) is 9.97 Å². The Balaban J connectivity index is 1.47. The zero-order chi connectivity index (χ0) is 30.1. The van der Waals surface area contributed by atoms with E-state index < -0.39 is 0 Å². The van der Waals surface area contributed by atoms with Gasteiger partial charge in [0.25, 0.3) is 5.88 Å². The Morgan fingerprint density at radius 2 is 1.86 bits per heavy atom. The van der Waals surface area contributed by atoms with Crippen LogP contribution in [0.4, 0.5) is 11.4 Å². The van der Waals surface area contributed by atoms with E-state index in [4.69, 9.17) is 40.3 Å². The molecule has 0 saturated carbocycles. The number of aliphatic hydroxyl groups is 1. The highest BCUT2D eigenvalue weighted by Crippen LogP contribution is 2.38. The van der Waals surface area contributed by atoms with Crippen LogP contribution >= 0.6 is 11.6 Å². The number of rotatable bonds is 15. The Morgan fingerprint density at radius 1 is 1.02 bits per heavy atom. The Kier molecular flexibility index (Phi) is 12.2. The zero-order valence-corrected chi connectivity index (χ0v) is 26.4. The maximum absolute atomic E-state index is 10.3. The largest absolute Gasteiger partial charge is 0.488 e. The summed E-state index contributed by atoms with van der Waals surface area (Å²) in [5.74, 6) is 2.06. The number of pyridine rings is 2. The van der Waals surface area contributed by atoms with Gasteiger partial charge in [-0.1, -0.05) is 38.8 Å². The molecule has 2 aliphatic heterocycles. The van der Waals surface area contributed by atoms with Gasteiger partial charge in [-0.05, 0) is 12.8 Å². The standard InChI is InChI=1S/C31H47ClN4O6/c1-6-7-12-40-28-14-23(36-19-29(22(3)26(36)20-37)41-13-8-11-38-4)16-34-31(28)42-27-9-10-35(18-21(27)2)25-15-30(39-5)33-17-24(25)32/h14-17,21-22,26-27,29,37H,6-13,18-20H2,1-5H3/t21?,22-,26-,27?,29-/m0/s1. The molecule has 2 fully saturated rings. The maximum atomic E-state index is 10.3. The van der Waals surface area contributed by atoms with Crippen molar-refractivity contribution in [2.45, 2.75) is 64.7 Å². The van der Waals surface area contributed by atoms with Crippen LogP contribution in [0.25, 0.3) is 0 Å². The molecule has 2 aromatic rings. The van der Waals surface area contributed by atoms with Gasteiger partial charge in [0, 0.05) is 70.3 Å². The highest BCUT2D eigenvalue weighted by molar-refractivity contribution is 6.33. The lowest BCUT2D eigenvalue weighted by Crippen LogP contribution is -2.44. The summed E-state index contributed by atoms with van der Waals surface area (Å²) in [6.07, 6.45) is 7.05. The number of nitrogens with zero attached hydrogens (tertiary/aromatic N) is 4. The van der Waals surface area contributed by atoms with Crippen molar-refractivity contribution in [1.82, 2.24) is 9.97 Å². The van der Waals surface area contributed by atoms with Crippen LogP contribution in [-0.2, 0) is 9.47 Å². The SMILES string of the molecule is CCCCOc1cc(N2C[C@H](OCCCOC)[C@@H](C)[C@@H]2CO)cnc1OC1CCN(c2cc(OC)ncc2Cl)CC1C. The van der Waals surface area contributed by atoms with Gasteiger partial charge in [0.1, 0.15) is 6.10 Å². The van der Waals surface area contributed by atoms with Gasteiger partial charge in [0.15, 0.2) is 5.75 Å². The van der Waals surface area contributed by atoms with Crippen LogP contribution in [0.15, 0.2) is 24.5 Å². The summed E-state index contributed by atoms with van der Waals surface area (Å²) in [4.78, 5) is 13.4. The Morgan fingerprint density at radius 3 is 2.57 bits per heavy atom. The van der Waals surface area contributed by atoms with E-state index in [1.807, 2.05) is 18.3 Å². The first-order valence-electron chi connectivity index (χ1n) is 15.1. The van der Waals surface area contributed by atoms with Crippen LogP contribution in [0.1, 0.15) is 46.5 Å². The molecule has 2 saturated heterocycles. The lowest BCUT2D eigenvalue weighted by atomic mass is 9.96. The molecular weight excluding hydrogens is 560 g/mol. The maximum Gasteiger partial charge on any atom is 0.257 e. The smallest absolute Gasteiger partial charge is 0.257 e. The first-order valence-corrected chi connectivity index (χ1v) is 15.5. The quantitative estimate of drug-likeness (QED) is 0.283. The van der Waals surface area contributed by atoms with Crippen molar-refractivity contribution in [2.24, 2.45) is 11.8 Å². The Bertz CT molecular complexity index is 1130.